The molecule has 3 aromatic rings. The lowest BCUT2D eigenvalue weighted by Gasteiger charge is -2.06. The van der Waals surface area contributed by atoms with Gasteiger partial charge in [0.05, 0.1) is 34.4 Å². The van der Waals surface area contributed by atoms with Gasteiger partial charge in [-0.05, 0) is 36.8 Å². The lowest BCUT2D eigenvalue weighted by atomic mass is 10.2. The average Bonchev–Trinajstić information content (AvgIpc) is 2.91. The third-order valence-electron chi connectivity index (χ3n) is 3.85. The van der Waals surface area contributed by atoms with E-state index in [0.29, 0.717) is 28.0 Å². The first-order valence-electron chi connectivity index (χ1n) is 7.84. The molecule has 1 heterocycles. The van der Waals surface area contributed by atoms with Crippen molar-refractivity contribution >= 4 is 34.8 Å². The Labute approximate surface area is 160 Å². The molecule has 0 aliphatic carbocycles. The summed E-state index contributed by atoms with van der Waals surface area (Å²) < 4.78 is 1.70. The van der Waals surface area contributed by atoms with Crippen LogP contribution in [0.1, 0.15) is 17.0 Å². The number of halogens is 2. The van der Waals surface area contributed by atoms with Crippen LogP contribution in [0.15, 0.2) is 42.5 Å². The molecule has 0 unspecified atom stereocenters. The number of aromatic nitrogens is 3. The molecule has 0 fully saturated rings. The molecule has 0 aliphatic rings. The van der Waals surface area contributed by atoms with E-state index in [1.165, 1.54) is 12.1 Å². The zero-order valence-electron chi connectivity index (χ0n) is 13.9. The van der Waals surface area contributed by atoms with Crippen molar-refractivity contribution in [1.82, 2.24) is 15.0 Å². The number of phenols is 1. The SMILES string of the molecule is Cc1c(CC(=O)Nc2cccc(O)c2)nnn1Cc1ccc(Cl)c(Cl)c1. The molecule has 0 atom stereocenters. The molecule has 0 aliphatic heterocycles. The number of carbonyl (C=O) groups is 1. The Morgan fingerprint density at radius 3 is 2.73 bits per heavy atom. The maximum absolute atomic E-state index is 12.2. The van der Waals surface area contributed by atoms with Gasteiger partial charge in [-0.3, -0.25) is 4.79 Å². The highest BCUT2D eigenvalue weighted by Crippen LogP contribution is 2.23. The quantitative estimate of drug-likeness (QED) is 0.693. The molecule has 134 valence electrons. The van der Waals surface area contributed by atoms with E-state index in [1.807, 2.05) is 13.0 Å². The van der Waals surface area contributed by atoms with E-state index in [4.69, 9.17) is 23.2 Å². The van der Waals surface area contributed by atoms with Gasteiger partial charge in [0, 0.05) is 11.8 Å². The summed E-state index contributed by atoms with van der Waals surface area (Å²) in [6.45, 7) is 2.33. The molecule has 1 amide bonds. The molecule has 8 heteroatoms. The fourth-order valence-electron chi connectivity index (χ4n) is 2.46. The van der Waals surface area contributed by atoms with Crippen molar-refractivity contribution < 1.29 is 9.90 Å². The maximum Gasteiger partial charge on any atom is 0.230 e. The predicted octanol–water partition coefficient (Wildman–Crippen LogP) is 3.83. The number of hydrogen-bond donors (Lipinski definition) is 2. The lowest BCUT2D eigenvalue weighted by Crippen LogP contribution is -2.15. The van der Waals surface area contributed by atoms with Gasteiger partial charge in [0.1, 0.15) is 5.75 Å². The number of aromatic hydroxyl groups is 1. The van der Waals surface area contributed by atoms with Gasteiger partial charge in [-0.25, -0.2) is 4.68 Å². The fourth-order valence-corrected chi connectivity index (χ4v) is 2.78. The van der Waals surface area contributed by atoms with Gasteiger partial charge in [-0.1, -0.05) is 40.5 Å². The molecule has 2 N–H and O–H groups in total. The first kappa shape index (κ1) is 18.2. The van der Waals surface area contributed by atoms with Crippen LogP contribution in [0.2, 0.25) is 10.0 Å². The number of hydrogen-bond acceptors (Lipinski definition) is 4. The average molecular weight is 391 g/mol. The minimum atomic E-state index is -0.236. The normalized spacial score (nSPS) is 10.7. The van der Waals surface area contributed by atoms with E-state index in [1.54, 1.807) is 28.9 Å². The number of nitrogens with zero attached hydrogens (tertiary/aromatic N) is 3. The highest BCUT2D eigenvalue weighted by molar-refractivity contribution is 6.42. The Morgan fingerprint density at radius 2 is 2.00 bits per heavy atom. The van der Waals surface area contributed by atoms with E-state index in [0.717, 1.165) is 11.3 Å². The molecule has 2 aromatic carbocycles. The van der Waals surface area contributed by atoms with Gasteiger partial charge in [-0.2, -0.15) is 0 Å². The number of rotatable bonds is 5. The monoisotopic (exact) mass is 390 g/mol. The van der Waals surface area contributed by atoms with Crippen LogP contribution in [0.25, 0.3) is 0 Å². The molecule has 3 rings (SSSR count). The lowest BCUT2D eigenvalue weighted by molar-refractivity contribution is -0.115. The van der Waals surface area contributed by atoms with Gasteiger partial charge >= 0.3 is 0 Å². The van der Waals surface area contributed by atoms with E-state index >= 15 is 0 Å². The molecule has 26 heavy (non-hydrogen) atoms. The Morgan fingerprint density at radius 1 is 1.19 bits per heavy atom. The number of amides is 1. The summed E-state index contributed by atoms with van der Waals surface area (Å²) in [5.74, 6) is -0.146. The number of anilines is 1. The van der Waals surface area contributed by atoms with Crippen LogP contribution in [0.4, 0.5) is 5.69 Å². The van der Waals surface area contributed by atoms with E-state index in [-0.39, 0.29) is 18.1 Å². The summed E-state index contributed by atoms with van der Waals surface area (Å²) in [6.07, 6.45) is 0.0862. The third kappa shape index (κ3) is 4.33. The Bertz CT molecular complexity index is 956. The van der Waals surface area contributed by atoms with Gasteiger partial charge < -0.3 is 10.4 Å². The smallest absolute Gasteiger partial charge is 0.230 e. The van der Waals surface area contributed by atoms with Crippen LogP contribution in [0.5, 0.6) is 5.75 Å². The second-order valence-electron chi connectivity index (χ2n) is 5.80. The first-order chi connectivity index (χ1) is 12.4. The standard InChI is InChI=1S/C18H16Cl2N4O2/c1-11-17(9-18(26)21-13-3-2-4-14(25)8-13)22-23-24(11)10-12-5-6-15(19)16(20)7-12/h2-8,25H,9-10H2,1H3,(H,21,26). The Balaban J connectivity index is 1.68. The number of nitrogens with one attached hydrogen (secondary N) is 1. The molecule has 0 radical (unpaired) electrons. The fraction of sp³-hybridized carbons (Fsp3) is 0.167. The summed E-state index contributed by atoms with van der Waals surface area (Å²) in [5, 5.41) is 21.3. The van der Waals surface area contributed by atoms with Crippen molar-refractivity contribution in [3.05, 3.63) is 69.5 Å². The molecule has 0 bridgehead atoms. The van der Waals surface area contributed by atoms with Crippen LogP contribution in [-0.4, -0.2) is 26.0 Å². The van der Waals surface area contributed by atoms with Crippen LogP contribution < -0.4 is 5.32 Å². The second-order valence-corrected chi connectivity index (χ2v) is 6.62. The summed E-state index contributed by atoms with van der Waals surface area (Å²) in [6, 6.07) is 11.7. The van der Waals surface area contributed by atoms with E-state index < -0.39 is 0 Å². The third-order valence-corrected chi connectivity index (χ3v) is 4.59. The van der Waals surface area contributed by atoms with Crippen molar-refractivity contribution in [2.45, 2.75) is 19.9 Å². The molecule has 0 saturated carbocycles. The van der Waals surface area contributed by atoms with Crippen molar-refractivity contribution in [3.8, 4) is 5.75 Å². The van der Waals surface area contributed by atoms with Gasteiger partial charge in [-0.15, -0.1) is 5.10 Å². The van der Waals surface area contributed by atoms with Crippen molar-refractivity contribution in [3.63, 3.8) is 0 Å². The largest absolute Gasteiger partial charge is 0.508 e. The minimum Gasteiger partial charge on any atom is -0.508 e. The second kappa shape index (κ2) is 7.76. The number of phenolic OH excluding ortho intramolecular Hbond substituents is 1. The topological polar surface area (TPSA) is 80.0 Å². The molecular formula is C18H16Cl2N4O2. The van der Waals surface area contributed by atoms with Crippen LogP contribution in [-0.2, 0) is 17.8 Å². The van der Waals surface area contributed by atoms with Crippen LogP contribution in [0, 0.1) is 6.92 Å². The van der Waals surface area contributed by atoms with Crippen LogP contribution in [0.3, 0.4) is 0 Å². The zero-order chi connectivity index (χ0) is 18.7. The molecular weight excluding hydrogens is 375 g/mol. The van der Waals surface area contributed by atoms with Crippen molar-refractivity contribution in [2.24, 2.45) is 0 Å². The molecule has 1 aromatic heterocycles. The molecule has 6 nitrogen and oxygen atoms in total. The number of carbonyl (C=O) groups excluding carboxylic acids is 1. The Hall–Kier alpha value is -2.57. The van der Waals surface area contributed by atoms with E-state index in [9.17, 15) is 9.90 Å². The highest BCUT2D eigenvalue weighted by atomic mass is 35.5. The molecule has 0 saturated heterocycles. The maximum atomic E-state index is 12.2. The van der Waals surface area contributed by atoms with Crippen LogP contribution >= 0.6 is 23.2 Å². The number of benzene rings is 2. The van der Waals surface area contributed by atoms with E-state index in [2.05, 4.69) is 15.6 Å². The first-order valence-corrected chi connectivity index (χ1v) is 8.60. The highest BCUT2D eigenvalue weighted by Gasteiger charge is 2.14. The van der Waals surface area contributed by atoms with Gasteiger partial charge in [0.2, 0.25) is 5.91 Å². The zero-order valence-corrected chi connectivity index (χ0v) is 15.4. The van der Waals surface area contributed by atoms with Crippen molar-refractivity contribution in [1.29, 1.82) is 0 Å². The summed E-state index contributed by atoms with van der Waals surface area (Å²) >= 11 is 12.0. The predicted molar refractivity (Wildman–Crippen MR) is 101 cm³/mol. The molecule has 0 spiro atoms. The minimum absolute atomic E-state index is 0.0862. The summed E-state index contributed by atoms with van der Waals surface area (Å²) in [4.78, 5) is 12.2. The summed E-state index contributed by atoms with van der Waals surface area (Å²) in [5.41, 5.74) is 2.84. The van der Waals surface area contributed by atoms with Gasteiger partial charge in [0.25, 0.3) is 0 Å². The van der Waals surface area contributed by atoms with Crippen molar-refractivity contribution in [2.75, 3.05) is 5.32 Å². The van der Waals surface area contributed by atoms with Gasteiger partial charge in [0.15, 0.2) is 0 Å². The Kier molecular flexibility index (Phi) is 5.44. The summed E-state index contributed by atoms with van der Waals surface area (Å²) in [7, 11) is 0.